The number of aromatic nitrogens is 3. The van der Waals surface area contributed by atoms with Gasteiger partial charge < -0.3 is 10.4 Å². The van der Waals surface area contributed by atoms with Gasteiger partial charge in [0, 0.05) is 18.3 Å². The van der Waals surface area contributed by atoms with Crippen molar-refractivity contribution in [2.75, 3.05) is 12.3 Å². The van der Waals surface area contributed by atoms with Gasteiger partial charge in [-0.1, -0.05) is 11.8 Å². The summed E-state index contributed by atoms with van der Waals surface area (Å²) in [7, 11) is 0. The number of H-pyrrole nitrogens is 1. The summed E-state index contributed by atoms with van der Waals surface area (Å²) < 4.78 is 0. The van der Waals surface area contributed by atoms with Crippen LogP contribution < -0.4 is 5.32 Å². The van der Waals surface area contributed by atoms with E-state index in [9.17, 15) is 5.11 Å². The molecule has 0 spiro atoms. The normalized spacial score (nSPS) is 18.0. The van der Waals surface area contributed by atoms with E-state index in [-0.39, 0.29) is 6.10 Å². The lowest BCUT2D eigenvalue weighted by molar-refractivity contribution is 0.195. The molecule has 1 unspecified atom stereocenters. The van der Waals surface area contributed by atoms with E-state index in [4.69, 9.17) is 0 Å². The molecule has 1 aromatic heterocycles. The Labute approximate surface area is 93.1 Å². The highest BCUT2D eigenvalue weighted by Gasteiger charge is 2.21. The average molecular weight is 228 g/mol. The summed E-state index contributed by atoms with van der Waals surface area (Å²) in [5.74, 6) is 1.44. The molecule has 1 saturated carbocycles. The van der Waals surface area contributed by atoms with Crippen molar-refractivity contribution >= 4 is 11.8 Å². The van der Waals surface area contributed by atoms with Crippen LogP contribution in [-0.4, -0.2) is 44.7 Å². The zero-order chi connectivity index (χ0) is 10.7. The van der Waals surface area contributed by atoms with Gasteiger partial charge in [-0.05, 0) is 19.8 Å². The number of aromatic amines is 1. The van der Waals surface area contributed by atoms with Crippen LogP contribution in [-0.2, 0) is 0 Å². The molecule has 1 aliphatic rings. The fourth-order valence-electron chi connectivity index (χ4n) is 1.21. The summed E-state index contributed by atoms with van der Waals surface area (Å²) in [4.78, 5) is 4.15. The first-order chi connectivity index (χ1) is 7.24. The van der Waals surface area contributed by atoms with E-state index < -0.39 is 0 Å². The van der Waals surface area contributed by atoms with Gasteiger partial charge in [0.15, 0.2) is 0 Å². The molecule has 0 aromatic carbocycles. The van der Waals surface area contributed by atoms with Gasteiger partial charge in [-0.2, -0.15) is 0 Å². The van der Waals surface area contributed by atoms with Crippen molar-refractivity contribution in [2.24, 2.45) is 0 Å². The van der Waals surface area contributed by atoms with Gasteiger partial charge in [0.25, 0.3) is 0 Å². The summed E-state index contributed by atoms with van der Waals surface area (Å²) in [6.07, 6.45) is 2.18. The van der Waals surface area contributed by atoms with Crippen LogP contribution in [0.1, 0.15) is 18.7 Å². The molecular formula is C9H16N4OS. The lowest BCUT2D eigenvalue weighted by atomic mass is 10.4. The Morgan fingerprint density at radius 1 is 1.67 bits per heavy atom. The first kappa shape index (κ1) is 10.9. The number of aryl methyl sites for hydroxylation is 1. The summed E-state index contributed by atoms with van der Waals surface area (Å²) in [6.45, 7) is 2.53. The minimum atomic E-state index is -0.325. The van der Waals surface area contributed by atoms with Crippen LogP contribution in [0.25, 0.3) is 0 Å². The second-order valence-corrected chi connectivity index (χ2v) is 4.84. The molecule has 1 heterocycles. The molecule has 0 bridgehead atoms. The molecule has 0 aliphatic heterocycles. The Hall–Kier alpha value is -0.590. The SMILES string of the molecule is Cc1nc(SCC(O)CNC2CC2)n[nH]1. The van der Waals surface area contributed by atoms with Crippen molar-refractivity contribution < 1.29 is 5.11 Å². The number of rotatable bonds is 6. The third-order valence-corrected chi connectivity index (χ3v) is 3.19. The number of hydrogen-bond acceptors (Lipinski definition) is 5. The van der Waals surface area contributed by atoms with Gasteiger partial charge in [0.1, 0.15) is 5.82 Å². The smallest absolute Gasteiger partial charge is 0.208 e. The number of hydrogen-bond donors (Lipinski definition) is 3. The molecule has 1 atom stereocenters. The number of aliphatic hydroxyl groups is 1. The number of aliphatic hydroxyl groups excluding tert-OH is 1. The standard InChI is InChI=1S/C9H16N4OS/c1-6-11-9(13-12-6)15-5-8(14)4-10-7-2-3-7/h7-8,10,14H,2-5H2,1H3,(H,11,12,13). The van der Waals surface area contributed by atoms with Gasteiger partial charge >= 0.3 is 0 Å². The fraction of sp³-hybridized carbons (Fsp3) is 0.778. The van der Waals surface area contributed by atoms with Crippen molar-refractivity contribution in [3.05, 3.63) is 5.82 Å². The van der Waals surface area contributed by atoms with E-state index in [1.54, 1.807) is 0 Å². The quantitative estimate of drug-likeness (QED) is 0.611. The molecule has 3 N–H and O–H groups in total. The molecule has 0 saturated heterocycles. The third-order valence-electron chi connectivity index (χ3n) is 2.20. The van der Waals surface area contributed by atoms with Crippen molar-refractivity contribution in [3.8, 4) is 0 Å². The Morgan fingerprint density at radius 2 is 2.47 bits per heavy atom. The van der Waals surface area contributed by atoms with E-state index >= 15 is 0 Å². The van der Waals surface area contributed by atoms with Crippen LogP contribution in [0.2, 0.25) is 0 Å². The second-order valence-electron chi connectivity index (χ2n) is 3.85. The predicted octanol–water partition coefficient (Wildman–Crippen LogP) is 0.318. The molecule has 2 rings (SSSR count). The highest BCUT2D eigenvalue weighted by Crippen LogP contribution is 2.19. The molecule has 6 heteroatoms. The summed E-state index contributed by atoms with van der Waals surface area (Å²) in [5, 5.41) is 20.4. The number of nitrogens with one attached hydrogen (secondary N) is 2. The molecule has 0 radical (unpaired) electrons. The second kappa shape index (κ2) is 4.96. The first-order valence-electron chi connectivity index (χ1n) is 5.17. The van der Waals surface area contributed by atoms with Crippen molar-refractivity contribution in [3.63, 3.8) is 0 Å². The van der Waals surface area contributed by atoms with Gasteiger partial charge in [-0.15, -0.1) is 5.10 Å². The fourth-order valence-corrected chi connectivity index (χ4v) is 1.98. The molecular weight excluding hydrogens is 212 g/mol. The maximum absolute atomic E-state index is 9.64. The zero-order valence-electron chi connectivity index (χ0n) is 8.73. The van der Waals surface area contributed by atoms with Crippen molar-refractivity contribution in [1.82, 2.24) is 20.5 Å². The van der Waals surface area contributed by atoms with Crippen molar-refractivity contribution in [1.29, 1.82) is 0 Å². The lowest BCUT2D eigenvalue weighted by Crippen LogP contribution is -2.29. The summed E-state index contributed by atoms with van der Waals surface area (Å²) in [6, 6.07) is 0.649. The monoisotopic (exact) mass is 228 g/mol. The predicted molar refractivity (Wildman–Crippen MR) is 58.9 cm³/mol. The third kappa shape index (κ3) is 3.81. The van der Waals surface area contributed by atoms with Crippen LogP contribution >= 0.6 is 11.8 Å². The van der Waals surface area contributed by atoms with Crippen molar-refractivity contribution in [2.45, 2.75) is 37.1 Å². The Bertz CT molecular complexity index is 313. The average Bonchev–Trinajstić information content (AvgIpc) is 2.95. The van der Waals surface area contributed by atoms with Crippen LogP contribution in [0.3, 0.4) is 0 Å². The van der Waals surface area contributed by atoms with Crippen LogP contribution in [0.4, 0.5) is 0 Å². The minimum absolute atomic E-state index is 0.325. The molecule has 5 nitrogen and oxygen atoms in total. The topological polar surface area (TPSA) is 73.8 Å². The molecule has 15 heavy (non-hydrogen) atoms. The van der Waals surface area contributed by atoms with E-state index in [0.29, 0.717) is 23.5 Å². The molecule has 1 aromatic rings. The maximum Gasteiger partial charge on any atom is 0.208 e. The van der Waals surface area contributed by atoms with E-state index in [2.05, 4.69) is 20.5 Å². The van der Waals surface area contributed by atoms with E-state index in [1.807, 2.05) is 6.92 Å². The van der Waals surface area contributed by atoms with E-state index in [1.165, 1.54) is 24.6 Å². The molecule has 1 fully saturated rings. The lowest BCUT2D eigenvalue weighted by Gasteiger charge is -2.09. The highest BCUT2D eigenvalue weighted by molar-refractivity contribution is 7.99. The first-order valence-corrected chi connectivity index (χ1v) is 6.16. The molecule has 84 valence electrons. The minimum Gasteiger partial charge on any atom is -0.391 e. The van der Waals surface area contributed by atoms with Crippen LogP contribution in [0.15, 0.2) is 5.16 Å². The van der Waals surface area contributed by atoms with Gasteiger partial charge in [-0.25, -0.2) is 4.98 Å². The summed E-state index contributed by atoms with van der Waals surface area (Å²) in [5.41, 5.74) is 0. The number of thioether (sulfide) groups is 1. The Morgan fingerprint density at radius 3 is 3.07 bits per heavy atom. The highest BCUT2D eigenvalue weighted by atomic mass is 32.2. The van der Waals surface area contributed by atoms with E-state index in [0.717, 1.165) is 5.82 Å². The number of nitrogens with zero attached hydrogens (tertiary/aromatic N) is 2. The van der Waals surface area contributed by atoms with Crippen LogP contribution in [0.5, 0.6) is 0 Å². The Balaban J connectivity index is 1.63. The Kier molecular flexibility index (Phi) is 3.61. The zero-order valence-corrected chi connectivity index (χ0v) is 9.55. The van der Waals surface area contributed by atoms with Gasteiger partial charge in [0.2, 0.25) is 5.16 Å². The van der Waals surface area contributed by atoms with Gasteiger partial charge in [0.05, 0.1) is 6.10 Å². The van der Waals surface area contributed by atoms with Crippen LogP contribution in [0, 0.1) is 6.92 Å². The molecule has 1 aliphatic carbocycles. The van der Waals surface area contributed by atoms with Gasteiger partial charge in [-0.3, -0.25) is 5.10 Å². The largest absolute Gasteiger partial charge is 0.391 e. The molecule has 0 amide bonds. The maximum atomic E-state index is 9.64. The summed E-state index contributed by atoms with van der Waals surface area (Å²) >= 11 is 1.48.